The fourth-order valence-electron chi connectivity index (χ4n) is 0.494. The summed E-state index contributed by atoms with van der Waals surface area (Å²) in [7, 11) is 2.65. The van der Waals surface area contributed by atoms with Gasteiger partial charge in [-0.05, 0) is 17.8 Å². The zero-order valence-corrected chi connectivity index (χ0v) is 5.17. The van der Waals surface area contributed by atoms with Crippen molar-refractivity contribution in [3.05, 3.63) is 29.5 Å². The number of rotatable bonds is 1. The Morgan fingerprint density at radius 3 is 2.86 bits per heavy atom. The Morgan fingerprint density at radius 1 is 1.71 bits per heavy atom. The van der Waals surface area contributed by atoms with Gasteiger partial charge in [-0.1, -0.05) is 12.2 Å². The van der Waals surface area contributed by atoms with Crippen molar-refractivity contribution in [3.63, 3.8) is 0 Å². The van der Waals surface area contributed by atoms with E-state index >= 15 is 0 Å². The first-order valence-electron chi connectivity index (χ1n) is 2.26. The normalized spacial score (nSPS) is 15.3. The predicted molar refractivity (Wildman–Crippen MR) is 35.3 cm³/mol. The van der Waals surface area contributed by atoms with Crippen molar-refractivity contribution in [2.24, 2.45) is 0 Å². The van der Waals surface area contributed by atoms with Crippen LogP contribution in [0.2, 0.25) is 0 Å². The minimum Gasteiger partial charge on any atom is -0.132 e. The molecule has 1 aliphatic rings. The molecule has 0 aliphatic heterocycles. The van der Waals surface area contributed by atoms with Crippen molar-refractivity contribution in [2.45, 2.75) is 0 Å². The van der Waals surface area contributed by atoms with Crippen LogP contribution in [0.4, 0.5) is 0 Å². The summed E-state index contributed by atoms with van der Waals surface area (Å²) >= 11 is 0. The van der Waals surface area contributed by atoms with Crippen LogP contribution in [0.3, 0.4) is 0 Å². The third kappa shape index (κ3) is 1.03. The predicted octanol–water partition coefficient (Wildman–Crippen LogP) is 1.51. The molecular formula is C6H7P. The second-order valence-electron chi connectivity index (χ2n) is 1.40. The second-order valence-corrected chi connectivity index (χ2v) is 1.81. The van der Waals surface area contributed by atoms with Crippen LogP contribution in [-0.4, -0.2) is 6.16 Å². The van der Waals surface area contributed by atoms with Gasteiger partial charge in [0.25, 0.3) is 0 Å². The maximum Gasteiger partial charge on any atom is -0.00223 e. The van der Waals surface area contributed by atoms with E-state index in [1.165, 1.54) is 5.57 Å². The molecule has 36 valence electrons. The molecule has 0 heterocycles. The molecule has 0 nitrogen and oxygen atoms in total. The first-order valence-corrected chi connectivity index (χ1v) is 3.07. The highest BCUT2D eigenvalue weighted by Gasteiger charge is 1.85. The Labute approximate surface area is 45.8 Å². The molecule has 0 bridgehead atoms. The largest absolute Gasteiger partial charge is 0.132 e. The van der Waals surface area contributed by atoms with Gasteiger partial charge in [-0.2, -0.15) is 0 Å². The minimum atomic E-state index is 1.02. The Balaban J connectivity index is 2.72. The Bertz CT molecular complexity index is 148. The topological polar surface area (TPSA) is 0 Å². The molecule has 0 aromatic heterocycles. The average molecular weight is 110 g/mol. The van der Waals surface area contributed by atoms with Crippen LogP contribution in [0, 0.1) is 0 Å². The summed E-state index contributed by atoms with van der Waals surface area (Å²) in [5.74, 6) is 0. The third-order valence-corrected chi connectivity index (χ3v) is 1.32. The van der Waals surface area contributed by atoms with Crippen LogP contribution < -0.4 is 0 Å². The lowest BCUT2D eigenvalue weighted by Gasteiger charge is -1.81. The summed E-state index contributed by atoms with van der Waals surface area (Å²) in [6, 6.07) is 0. The molecule has 1 rings (SSSR count). The summed E-state index contributed by atoms with van der Waals surface area (Å²) in [6.07, 6.45) is 7.01. The van der Waals surface area contributed by atoms with Gasteiger partial charge in [-0.3, -0.25) is 0 Å². The molecule has 0 saturated heterocycles. The van der Waals surface area contributed by atoms with E-state index in [-0.39, 0.29) is 0 Å². The molecule has 1 atom stereocenters. The summed E-state index contributed by atoms with van der Waals surface area (Å²) < 4.78 is 0. The monoisotopic (exact) mass is 110 g/mol. The molecule has 7 heavy (non-hydrogen) atoms. The molecule has 1 heteroatoms. The van der Waals surface area contributed by atoms with Crippen LogP contribution in [-0.2, 0) is 0 Å². The lowest BCUT2D eigenvalue weighted by atomic mass is 10.4. The van der Waals surface area contributed by atoms with Crippen molar-refractivity contribution in [2.75, 3.05) is 6.16 Å². The van der Waals surface area contributed by atoms with Crippen LogP contribution >= 0.6 is 9.24 Å². The van der Waals surface area contributed by atoms with Gasteiger partial charge in [0.1, 0.15) is 0 Å². The molecule has 0 spiro atoms. The Morgan fingerprint density at radius 2 is 2.57 bits per heavy atom. The highest BCUT2D eigenvalue weighted by atomic mass is 31.0. The molecule has 0 N–H and O–H groups in total. The molecule has 1 aliphatic carbocycles. The van der Waals surface area contributed by atoms with Gasteiger partial charge in [0.2, 0.25) is 0 Å². The fraction of sp³-hybridized carbons (Fsp3) is 0.167. The zero-order chi connectivity index (χ0) is 5.11. The van der Waals surface area contributed by atoms with Crippen molar-refractivity contribution < 1.29 is 0 Å². The number of hydrogen-bond donors (Lipinski definition) is 0. The van der Waals surface area contributed by atoms with Crippen molar-refractivity contribution >= 4 is 9.24 Å². The van der Waals surface area contributed by atoms with Crippen molar-refractivity contribution in [1.82, 2.24) is 0 Å². The standard InChI is InChI=1S/C6H7P/c7-5-6-3-1-2-4-6/h1-3H,5,7H2. The Hall–Kier alpha value is -0.310. The average Bonchev–Trinajstić information content (AvgIpc) is 2.14. The maximum absolute atomic E-state index is 3.07. The number of hydrogen-bond acceptors (Lipinski definition) is 0. The highest BCUT2D eigenvalue weighted by Crippen LogP contribution is 2.03. The van der Waals surface area contributed by atoms with Gasteiger partial charge in [0.15, 0.2) is 0 Å². The van der Waals surface area contributed by atoms with E-state index < -0.39 is 0 Å². The van der Waals surface area contributed by atoms with Crippen molar-refractivity contribution in [3.8, 4) is 0 Å². The smallest absolute Gasteiger partial charge is 0.00223 e. The van der Waals surface area contributed by atoms with E-state index in [9.17, 15) is 0 Å². The Kier molecular flexibility index (Phi) is 1.46. The van der Waals surface area contributed by atoms with Gasteiger partial charge in [0, 0.05) is 0 Å². The molecule has 0 fully saturated rings. The van der Waals surface area contributed by atoms with Crippen LogP contribution in [0.1, 0.15) is 0 Å². The molecule has 0 radical (unpaired) electrons. The van der Waals surface area contributed by atoms with E-state index in [4.69, 9.17) is 0 Å². The fourth-order valence-corrected chi connectivity index (χ4v) is 0.748. The van der Waals surface area contributed by atoms with Gasteiger partial charge in [-0.15, -0.1) is 15.0 Å². The summed E-state index contributed by atoms with van der Waals surface area (Å²) in [5.41, 5.74) is 4.33. The third-order valence-electron chi connectivity index (χ3n) is 0.882. The minimum absolute atomic E-state index is 1.02. The van der Waals surface area contributed by atoms with Gasteiger partial charge in [-0.25, -0.2) is 0 Å². The van der Waals surface area contributed by atoms with E-state index in [1.807, 2.05) is 12.2 Å². The molecular weight excluding hydrogens is 103 g/mol. The van der Waals surface area contributed by atoms with Gasteiger partial charge < -0.3 is 0 Å². The van der Waals surface area contributed by atoms with E-state index in [0.717, 1.165) is 6.16 Å². The van der Waals surface area contributed by atoms with E-state index in [0.29, 0.717) is 0 Å². The quantitative estimate of drug-likeness (QED) is 0.354. The highest BCUT2D eigenvalue weighted by molar-refractivity contribution is 7.16. The summed E-state index contributed by atoms with van der Waals surface area (Å²) in [6.45, 7) is 0. The lowest BCUT2D eigenvalue weighted by Crippen LogP contribution is -1.68. The molecule has 0 aromatic rings. The van der Waals surface area contributed by atoms with Crippen molar-refractivity contribution in [1.29, 1.82) is 0 Å². The van der Waals surface area contributed by atoms with E-state index in [2.05, 4.69) is 21.0 Å². The van der Waals surface area contributed by atoms with Crippen LogP contribution in [0.25, 0.3) is 0 Å². The zero-order valence-electron chi connectivity index (χ0n) is 4.02. The molecule has 0 amide bonds. The molecule has 0 saturated carbocycles. The second kappa shape index (κ2) is 2.12. The maximum atomic E-state index is 3.07. The van der Waals surface area contributed by atoms with Crippen LogP contribution in [0.5, 0.6) is 0 Å². The molecule has 0 aromatic carbocycles. The first kappa shape index (κ1) is 4.84. The number of allylic oxidation sites excluding steroid dienone is 3. The SMILES string of the molecule is PCC1=C=CC=C1. The molecule has 1 unspecified atom stereocenters. The lowest BCUT2D eigenvalue weighted by molar-refractivity contribution is 1.60. The first-order chi connectivity index (χ1) is 3.43. The van der Waals surface area contributed by atoms with Crippen LogP contribution in [0.15, 0.2) is 29.5 Å². The van der Waals surface area contributed by atoms with Gasteiger partial charge >= 0.3 is 0 Å². The summed E-state index contributed by atoms with van der Waals surface area (Å²) in [4.78, 5) is 0. The van der Waals surface area contributed by atoms with Gasteiger partial charge in [0.05, 0.1) is 0 Å². The summed E-state index contributed by atoms with van der Waals surface area (Å²) in [5, 5.41) is 0. The van der Waals surface area contributed by atoms with E-state index in [1.54, 1.807) is 0 Å².